The van der Waals surface area contributed by atoms with Gasteiger partial charge >= 0.3 is 12.0 Å². The average molecular weight is 276 g/mol. The molecule has 3 rings (SSSR count). The summed E-state index contributed by atoms with van der Waals surface area (Å²) >= 11 is 0. The number of urea groups is 1. The summed E-state index contributed by atoms with van der Waals surface area (Å²) in [7, 11) is 0. The van der Waals surface area contributed by atoms with E-state index in [0.717, 1.165) is 12.8 Å². The number of esters is 1. The first kappa shape index (κ1) is 12.8. The van der Waals surface area contributed by atoms with Gasteiger partial charge in [-0.2, -0.15) is 0 Å². The predicted octanol–water partition coefficient (Wildman–Crippen LogP) is 1.86. The summed E-state index contributed by atoms with van der Waals surface area (Å²) < 4.78 is 10.6. The van der Waals surface area contributed by atoms with Crippen LogP contribution in [0.2, 0.25) is 0 Å². The molecule has 1 aliphatic carbocycles. The van der Waals surface area contributed by atoms with Crippen LogP contribution in [0.3, 0.4) is 0 Å². The van der Waals surface area contributed by atoms with E-state index in [1.807, 2.05) is 0 Å². The van der Waals surface area contributed by atoms with Crippen LogP contribution in [0.5, 0.6) is 0 Å². The first-order chi connectivity index (χ1) is 9.65. The number of hydrogen-bond acceptors (Lipinski definition) is 4. The van der Waals surface area contributed by atoms with Gasteiger partial charge in [0.05, 0.1) is 18.4 Å². The van der Waals surface area contributed by atoms with Crippen molar-refractivity contribution >= 4 is 12.0 Å². The minimum atomic E-state index is -0.606. The Morgan fingerprint density at radius 1 is 1.50 bits per heavy atom. The summed E-state index contributed by atoms with van der Waals surface area (Å²) in [5.41, 5.74) is 0.885. The van der Waals surface area contributed by atoms with Crippen LogP contribution < -0.4 is 10.6 Å². The Labute approximate surface area is 116 Å². The van der Waals surface area contributed by atoms with Crippen molar-refractivity contribution in [3.63, 3.8) is 0 Å². The summed E-state index contributed by atoms with van der Waals surface area (Å²) in [5.74, 6) is 0.592. The van der Waals surface area contributed by atoms with Gasteiger partial charge in [-0.25, -0.2) is 9.59 Å². The number of furan rings is 1. The SMILES string of the molecule is CC1=C(C(=O)OCC2CC2)C(c2ccco2)NC(=O)N1. The van der Waals surface area contributed by atoms with E-state index in [9.17, 15) is 9.59 Å². The smallest absolute Gasteiger partial charge is 0.338 e. The lowest BCUT2D eigenvalue weighted by Gasteiger charge is -2.26. The second kappa shape index (κ2) is 5.03. The predicted molar refractivity (Wildman–Crippen MR) is 69.5 cm³/mol. The molecule has 2 heterocycles. The van der Waals surface area contributed by atoms with Crippen LogP contribution in [0, 0.1) is 5.92 Å². The first-order valence-corrected chi connectivity index (χ1v) is 6.64. The molecule has 1 aromatic rings. The quantitative estimate of drug-likeness (QED) is 0.822. The van der Waals surface area contributed by atoms with Crippen LogP contribution in [-0.2, 0) is 9.53 Å². The summed E-state index contributed by atoms with van der Waals surface area (Å²) in [6.45, 7) is 2.12. The van der Waals surface area contributed by atoms with Crippen LogP contribution in [0.4, 0.5) is 4.79 Å². The average Bonchev–Trinajstić information content (AvgIpc) is 3.07. The van der Waals surface area contributed by atoms with Crippen molar-refractivity contribution in [3.8, 4) is 0 Å². The van der Waals surface area contributed by atoms with Gasteiger partial charge in [0.1, 0.15) is 11.8 Å². The molecule has 0 bridgehead atoms. The zero-order valence-corrected chi connectivity index (χ0v) is 11.1. The molecule has 20 heavy (non-hydrogen) atoms. The molecule has 0 spiro atoms. The molecule has 2 aliphatic rings. The summed E-state index contributed by atoms with van der Waals surface area (Å²) in [4.78, 5) is 23.8. The standard InChI is InChI=1S/C14H16N2O4/c1-8-11(13(17)20-7-9-4-5-9)12(16-14(18)15-8)10-3-2-6-19-10/h2-3,6,9,12H,4-5,7H2,1H3,(H2,15,16,18). The Morgan fingerprint density at radius 2 is 2.30 bits per heavy atom. The molecule has 0 saturated heterocycles. The second-order valence-electron chi connectivity index (χ2n) is 5.13. The number of carbonyl (C=O) groups is 2. The molecule has 1 saturated carbocycles. The van der Waals surface area contributed by atoms with E-state index >= 15 is 0 Å². The van der Waals surface area contributed by atoms with Crippen LogP contribution in [-0.4, -0.2) is 18.6 Å². The maximum atomic E-state index is 12.2. The highest BCUT2D eigenvalue weighted by Gasteiger charge is 2.34. The Balaban J connectivity index is 1.83. The van der Waals surface area contributed by atoms with Crippen LogP contribution in [0.25, 0.3) is 0 Å². The molecule has 6 heteroatoms. The van der Waals surface area contributed by atoms with Crippen LogP contribution in [0.1, 0.15) is 31.6 Å². The Morgan fingerprint density at radius 3 is 2.95 bits per heavy atom. The fourth-order valence-electron chi connectivity index (χ4n) is 2.19. The van der Waals surface area contributed by atoms with Crippen molar-refractivity contribution in [1.29, 1.82) is 0 Å². The molecule has 0 radical (unpaired) electrons. The van der Waals surface area contributed by atoms with E-state index in [-0.39, 0.29) is 6.03 Å². The highest BCUT2D eigenvalue weighted by molar-refractivity contribution is 5.94. The maximum absolute atomic E-state index is 12.2. The number of allylic oxidation sites excluding steroid dienone is 1. The third-order valence-electron chi connectivity index (χ3n) is 3.46. The van der Waals surface area contributed by atoms with Gasteiger partial charge in [-0.05, 0) is 37.8 Å². The van der Waals surface area contributed by atoms with Gasteiger partial charge in [0.25, 0.3) is 0 Å². The molecular weight excluding hydrogens is 260 g/mol. The topological polar surface area (TPSA) is 80.6 Å². The normalized spacial score (nSPS) is 22.2. The lowest BCUT2D eigenvalue weighted by atomic mass is 10.0. The van der Waals surface area contributed by atoms with Gasteiger partial charge in [-0.3, -0.25) is 0 Å². The van der Waals surface area contributed by atoms with E-state index < -0.39 is 12.0 Å². The molecular formula is C14H16N2O4. The molecule has 2 amide bonds. The van der Waals surface area contributed by atoms with E-state index in [1.54, 1.807) is 19.1 Å². The Hall–Kier alpha value is -2.24. The van der Waals surface area contributed by atoms with E-state index in [0.29, 0.717) is 29.6 Å². The molecule has 106 valence electrons. The lowest BCUT2D eigenvalue weighted by molar-refractivity contribution is -0.140. The fourth-order valence-corrected chi connectivity index (χ4v) is 2.19. The summed E-state index contributed by atoms with van der Waals surface area (Å²) in [6.07, 6.45) is 3.73. The van der Waals surface area contributed by atoms with E-state index in [2.05, 4.69) is 10.6 Å². The van der Waals surface area contributed by atoms with E-state index in [4.69, 9.17) is 9.15 Å². The third kappa shape index (κ3) is 2.54. The molecule has 1 atom stereocenters. The summed E-state index contributed by atoms with van der Waals surface area (Å²) in [6, 6.07) is 2.47. The van der Waals surface area contributed by atoms with Gasteiger partial charge in [-0.15, -0.1) is 0 Å². The fraction of sp³-hybridized carbons (Fsp3) is 0.429. The van der Waals surface area contributed by atoms with Crippen LogP contribution >= 0.6 is 0 Å². The van der Waals surface area contributed by atoms with Gasteiger partial charge in [0, 0.05) is 5.70 Å². The molecule has 1 fully saturated rings. The number of hydrogen-bond donors (Lipinski definition) is 2. The van der Waals surface area contributed by atoms with Crippen molar-refractivity contribution < 1.29 is 18.7 Å². The Bertz CT molecular complexity index is 558. The minimum absolute atomic E-state index is 0.359. The largest absolute Gasteiger partial charge is 0.467 e. The van der Waals surface area contributed by atoms with Crippen molar-refractivity contribution in [2.45, 2.75) is 25.8 Å². The summed E-state index contributed by atoms with van der Waals surface area (Å²) in [5, 5.41) is 5.27. The number of amides is 2. The molecule has 1 aliphatic heterocycles. The number of rotatable bonds is 4. The lowest BCUT2D eigenvalue weighted by Crippen LogP contribution is -2.45. The molecule has 6 nitrogen and oxygen atoms in total. The molecule has 1 unspecified atom stereocenters. The second-order valence-corrected chi connectivity index (χ2v) is 5.13. The van der Waals surface area contributed by atoms with Gasteiger partial charge < -0.3 is 19.8 Å². The zero-order chi connectivity index (χ0) is 14.1. The molecule has 0 aromatic carbocycles. The number of nitrogens with one attached hydrogen (secondary N) is 2. The number of ether oxygens (including phenoxy) is 1. The Kier molecular flexibility index (Phi) is 3.22. The zero-order valence-electron chi connectivity index (χ0n) is 11.1. The van der Waals surface area contributed by atoms with Crippen molar-refractivity contribution in [2.24, 2.45) is 5.92 Å². The van der Waals surface area contributed by atoms with Gasteiger partial charge in [0.2, 0.25) is 0 Å². The highest BCUT2D eigenvalue weighted by Crippen LogP contribution is 2.31. The van der Waals surface area contributed by atoms with E-state index in [1.165, 1.54) is 6.26 Å². The van der Waals surface area contributed by atoms with Crippen molar-refractivity contribution in [1.82, 2.24) is 10.6 Å². The highest BCUT2D eigenvalue weighted by atomic mass is 16.5. The van der Waals surface area contributed by atoms with Crippen molar-refractivity contribution in [2.75, 3.05) is 6.61 Å². The van der Waals surface area contributed by atoms with Crippen molar-refractivity contribution in [3.05, 3.63) is 35.4 Å². The monoisotopic (exact) mass is 276 g/mol. The maximum Gasteiger partial charge on any atom is 0.338 e. The van der Waals surface area contributed by atoms with Gasteiger partial charge in [0.15, 0.2) is 0 Å². The van der Waals surface area contributed by atoms with Crippen LogP contribution in [0.15, 0.2) is 34.1 Å². The first-order valence-electron chi connectivity index (χ1n) is 6.64. The molecule has 2 N–H and O–H groups in total. The minimum Gasteiger partial charge on any atom is -0.467 e. The molecule has 1 aromatic heterocycles. The number of carbonyl (C=O) groups excluding carboxylic acids is 2. The third-order valence-corrected chi connectivity index (χ3v) is 3.46. The van der Waals surface area contributed by atoms with Gasteiger partial charge in [-0.1, -0.05) is 0 Å².